The van der Waals surface area contributed by atoms with Crippen LogP contribution in [0.4, 0.5) is 0 Å². The number of carbonyl (C=O) groups excluding carboxylic acids is 1. The molecule has 0 unspecified atom stereocenters. The van der Waals surface area contributed by atoms with E-state index in [2.05, 4.69) is 30.4 Å². The summed E-state index contributed by atoms with van der Waals surface area (Å²) in [7, 11) is 0. The van der Waals surface area contributed by atoms with Crippen LogP contribution in [0.1, 0.15) is 100 Å². The minimum atomic E-state index is -0.399. The molecule has 0 bridgehead atoms. The number of rotatable bonds is 19. The fourth-order valence-corrected chi connectivity index (χ4v) is 4.47. The second-order valence-corrected chi connectivity index (χ2v) is 10.7. The molecular formula is C35H46N2O3. The summed E-state index contributed by atoms with van der Waals surface area (Å²) in [6.45, 7) is 9.03. The van der Waals surface area contributed by atoms with Crippen LogP contribution in [0.5, 0.6) is 11.5 Å². The third-order valence-electron chi connectivity index (χ3n) is 7.30. The molecule has 0 N–H and O–H groups in total. The van der Waals surface area contributed by atoms with Gasteiger partial charge in [0, 0.05) is 18.0 Å². The maximum Gasteiger partial charge on any atom is 0.343 e. The van der Waals surface area contributed by atoms with Crippen LogP contribution in [0, 0.1) is 5.92 Å². The van der Waals surface area contributed by atoms with E-state index in [1.807, 2.05) is 42.7 Å². The Hall–Kier alpha value is -3.47. The standard InChI is InChI=1S/C35H46N2O3/c1-4-6-7-8-9-10-14-25-39-32-21-19-31(20-22-32)35(38)40-33-23-17-30(18-24-33)34-36-26-29(27-37-34)16-13-11-12-15-28(3)5-2/h4,17-24,26-28H,1,5-16,25H2,2-3H3/t28-/m0/s1. The highest BCUT2D eigenvalue weighted by Gasteiger charge is 2.10. The summed E-state index contributed by atoms with van der Waals surface area (Å²) >= 11 is 0. The molecule has 0 spiro atoms. The normalized spacial score (nSPS) is 11.7. The van der Waals surface area contributed by atoms with E-state index in [1.165, 1.54) is 56.9 Å². The van der Waals surface area contributed by atoms with Gasteiger partial charge in [0.05, 0.1) is 12.2 Å². The number of esters is 1. The van der Waals surface area contributed by atoms with Crippen molar-refractivity contribution in [3.05, 3.63) is 84.7 Å². The first-order valence-electron chi connectivity index (χ1n) is 15.1. The van der Waals surface area contributed by atoms with Crippen molar-refractivity contribution in [2.24, 2.45) is 5.92 Å². The topological polar surface area (TPSA) is 61.3 Å². The van der Waals surface area contributed by atoms with E-state index in [-0.39, 0.29) is 0 Å². The number of aromatic nitrogens is 2. The number of aryl methyl sites for hydroxylation is 1. The van der Waals surface area contributed by atoms with Gasteiger partial charge in [-0.2, -0.15) is 0 Å². The van der Waals surface area contributed by atoms with Crippen molar-refractivity contribution in [3.8, 4) is 22.9 Å². The van der Waals surface area contributed by atoms with Crippen molar-refractivity contribution in [3.63, 3.8) is 0 Å². The second-order valence-electron chi connectivity index (χ2n) is 10.7. The highest BCUT2D eigenvalue weighted by atomic mass is 16.5. The minimum absolute atomic E-state index is 0.399. The molecule has 40 heavy (non-hydrogen) atoms. The molecule has 0 aliphatic rings. The van der Waals surface area contributed by atoms with Gasteiger partial charge < -0.3 is 9.47 Å². The average molecular weight is 543 g/mol. The van der Waals surface area contributed by atoms with Crippen LogP contribution in [0.25, 0.3) is 11.4 Å². The molecule has 1 heterocycles. The van der Waals surface area contributed by atoms with Gasteiger partial charge in [-0.25, -0.2) is 14.8 Å². The molecule has 1 aromatic heterocycles. The molecule has 0 fully saturated rings. The summed E-state index contributed by atoms with van der Waals surface area (Å²) in [4.78, 5) is 21.7. The quantitative estimate of drug-likeness (QED) is 0.0653. The zero-order valence-electron chi connectivity index (χ0n) is 24.4. The molecule has 3 rings (SSSR count). The molecule has 0 saturated heterocycles. The summed E-state index contributed by atoms with van der Waals surface area (Å²) < 4.78 is 11.4. The number of allylic oxidation sites excluding steroid dienone is 1. The number of hydrogen-bond donors (Lipinski definition) is 0. The lowest BCUT2D eigenvalue weighted by Gasteiger charge is -2.08. The van der Waals surface area contributed by atoms with Gasteiger partial charge in [0.2, 0.25) is 0 Å². The number of unbranched alkanes of at least 4 members (excludes halogenated alkanes) is 7. The maximum absolute atomic E-state index is 12.6. The third-order valence-corrected chi connectivity index (χ3v) is 7.30. The molecule has 5 heteroatoms. The highest BCUT2D eigenvalue weighted by Crippen LogP contribution is 2.21. The highest BCUT2D eigenvalue weighted by molar-refractivity contribution is 5.91. The van der Waals surface area contributed by atoms with Crippen molar-refractivity contribution >= 4 is 5.97 Å². The third kappa shape index (κ3) is 11.3. The van der Waals surface area contributed by atoms with Crippen LogP contribution in [-0.4, -0.2) is 22.5 Å². The van der Waals surface area contributed by atoms with Crippen molar-refractivity contribution in [1.82, 2.24) is 9.97 Å². The second kappa shape index (κ2) is 18.0. The van der Waals surface area contributed by atoms with E-state index in [0.29, 0.717) is 23.7 Å². The van der Waals surface area contributed by atoms with Gasteiger partial charge in [-0.15, -0.1) is 6.58 Å². The number of carbonyl (C=O) groups is 1. The van der Waals surface area contributed by atoms with Crippen LogP contribution >= 0.6 is 0 Å². The van der Waals surface area contributed by atoms with Crippen molar-refractivity contribution in [2.75, 3.05) is 6.61 Å². The summed E-state index contributed by atoms with van der Waals surface area (Å²) in [6, 6.07) is 14.4. The Labute approximate surface area is 241 Å². The predicted octanol–water partition coefficient (Wildman–Crippen LogP) is 9.42. The first-order chi connectivity index (χ1) is 19.6. The first-order valence-corrected chi connectivity index (χ1v) is 15.1. The predicted molar refractivity (Wildman–Crippen MR) is 164 cm³/mol. The molecule has 0 saturated carbocycles. The molecule has 3 aromatic rings. The van der Waals surface area contributed by atoms with Crippen LogP contribution in [0.2, 0.25) is 0 Å². The van der Waals surface area contributed by atoms with E-state index >= 15 is 0 Å². The van der Waals surface area contributed by atoms with E-state index in [9.17, 15) is 4.79 Å². The van der Waals surface area contributed by atoms with E-state index < -0.39 is 5.97 Å². The molecule has 0 amide bonds. The molecule has 0 aliphatic carbocycles. The SMILES string of the molecule is C=CCCCCCCCOc1ccc(C(=O)Oc2ccc(-c3ncc(CCCCC[C@@H](C)CC)cn3)cc2)cc1. The Morgan fingerprint density at radius 2 is 1.50 bits per heavy atom. The lowest BCUT2D eigenvalue weighted by molar-refractivity contribution is 0.0734. The minimum Gasteiger partial charge on any atom is -0.494 e. The van der Waals surface area contributed by atoms with Gasteiger partial charge in [-0.05, 0) is 92.1 Å². The van der Waals surface area contributed by atoms with E-state index in [4.69, 9.17) is 9.47 Å². The van der Waals surface area contributed by atoms with Crippen LogP contribution in [-0.2, 0) is 6.42 Å². The lowest BCUT2D eigenvalue weighted by Crippen LogP contribution is -2.08. The smallest absolute Gasteiger partial charge is 0.343 e. The fraction of sp³-hybridized carbons (Fsp3) is 0.457. The van der Waals surface area contributed by atoms with Gasteiger partial charge in [-0.3, -0.25) is 0 Å². The molecule has 0 aliphatic heterocycles. The zero-order valence-corrected chi connectivity index (χ0v) is 24.4. The lowest BCUT2D eigenvalue weighted by atomic mass is 10.00. The number of benzene rings is 2. The van der Waals surface area contributed by atoms with Crippen molar-refractivity contribution in [2.45, 2.75) is 90.9 Å². The Kier molecular flexibility index (Phi) is 14.0. The Morgan fingerprint density at radius 3 is 2.20 bits per heavy atom. The van der Waals surface area contributed by atoms with Crippen LogP contribution in [0.15, 0.2) is 73.6 Å². The largest absolute Gasteiger partial charge is 0.494 e. The maximum atomic E-state index is 12.6. The molecular weight excluding hydrogens is 496 g/mol. The monoisotopic (exact) mass is 542 g/mol. The summed E-state index contributed by atoms with van der Waals surface area (Å²) in [5.74, 6) is 2.34. The molecule has 2 aromatic carbocycles. The van der Waals surface area contributed by atoms with Gasteiger partial charge >= 0.3 is 5.97 Å². The number of hydrogen-bond acceptors (Lipinski definition) is 5. The van der Waals surface area contributed by atoms with Crippen molar-refractivity contribution < 1.29 is 14.3 Å². The van der Waals surface area contributed by atoms with Crippen LogP contribution in [0.3, 0.4) is 0 Å². The summed E-state index contributed by atoms with van der Waals surface area (Å²) in [5.41, 5.74) is 2.54. The molecule has 0 radical (unpaired) electrons. The summed E-state index contributed by atoms with van der Waals surface area (Å²) in [5, 5.41) is 0. The van der Waals surface area contributed by atoms with E-state index in [1.54, 1.807) is 24.3 Å². The first kappa shape index (κ1) is 31.1. The van der Waals surface area contributed by atoms with E-state index in [0.717, 1.165) is 42.9 Å². The summed E-state index contributed by atoms with van der Waals surface area (Å²) in [6.07, 6.45) is 20.1. The van der Waals surface area contributed by atoms with Gasteiger partial charge in [0.1, 0.15) is 11.5 Å². The van der Waals surface area contributed by atoms with Crippen LogP contribution < -0.4 is 9.47 Å². The Bertz CT molecular complexity index is 1120. The fourth-order valence-electron chi connectivity index (χ4n) is 4.47. The molecule has 214 valence electrons. The zero-order chi connectivity index (χ0) is 28.4. The van der Waals surface area contributed by atoms with Gasteiger partial charge in [-0.1, -0.05) is 64.9 Å². The van der Waals surface area contributed by atoms with Crippen molar-refractivity contribution in [1.29, 1.82) is 0 Å². The Morgan fingerprint density at radius 1 is 0.850 bits per heavy atom. The van der Waals surface area contributed by atoms with Gasteiger partial charge in [0.15, 0.2) is 5.82 Å². The number of nitrogens with zero attached hydrogens (tertiary/aromatic N) is 2. The average Bonchev–Trinajstić information content (AvgIpc) is 2.99. The van der Waals surface area contributed by atoms with Gasteiger partial charge in [0.25, 0.3) is 0 Å². The molecule has 5 nitrogen and oxygen atoms in total. The molecule has 1 atom stereocenters. The number of ether oxygens (including phenoxy) is 2. The Balaban J connectivity index is 1.39.